The maximum atomic E-state index is 12.0. The van der Waals surface area contributed by atoms with Crippen LogP contribution >= 0.6 is 0 Å². The number of fused-ring (bicyclic) bond motifs is 5. The summed E-state index contributed by atoms with van der Waals surface area (Å²) in [4.78, 5) is 12.0. The third-order valence-corrected chi connectivity index (χ3v) is 9.10. The predicted octanol–water partition coefficient (Wildman–Crippen LogP) is 4.60. The Labute approximate surface area is 141 Å². The van der Waals surface area contributed by atoms with Crippen molar-refractivity contribution in [2.75, 3.05) is 0 Å². The zero-order valence-corrected chi connectivity index (χ0v) is 15.2. The van der Waals surface area contributed by atoms with E-state index in [0.29, 0.717) is 29.0 Å². The van der Waals surface area contributed by atoms with Crippen molar-refractivity contribution >= 4 is 5.78 Å². The van der Waals surface area contributed by atoms with Gasteiger partial charge >= 0.3 is 0 Å². The van der Waals surface area contributed by atoms with E-state index >= 15 is 0 Å². The van der Waals surface area contributed by atoms with Gasteiger partial charge in [-0.25, -0.2) is 0 Å². The Balaban J connectivity index is 1.67. The molecule has 0 spiro atoms. The Morgan fingerprint density at radius 3 is 2.65 bits per heavy atom. The van der Waals surface area contributed by atoms with E-state index in [4.69, 9.17) is 0 Å². The largest absolute Gasteiger partial charge is 0.393 e. The number of aliphatic hydroxyl groups excluding tert-OH is 1. The number of rotatable bonds is 1. The number of carbonyl (C=O) groups excluding carboxylic acids is 1. The molecule has 0 amide bonds. The van der Waals surface area contributed by atoms with Gasteiger partial charge in [0.15, 0.2) is 0 Å². The molecule has 4 aliphatic carbocycles. The lowest BCUT2D eigenvalue weighted by Crippen LogP contribution is -2.58. The van der Waals surface area contributed by atoms with Crippen molar-refractivity contribution in [2.45, 2.75) is 84.7 Å². The van der Waals surface area contributed by atoms with E-state index in [-0.39, 0.29) is 11.5 Å². The first-order valence-electron chi connectivity index (χ1n) is 10.1. The molecule has 0 aliphatic heterocycles. The van der Waals surface area contributed by atoms with Crippen LogP contribution in [0.15, 0.2) is 0 Å². The second-order valence-electron chi connectivity index (χ2n) is 9.78. The molecule has 2 nitrogen and oxygen atoms in total. The van der Waals surface area contributed by atoms with Crippen LogP contribution in [0.3, 0.4) is 0 Å². The molecule has 0 aromatic rings. The fraction of sp³-hybridized carbons (Fsp3) is 0.952. The van der Waals surface area contributed by atoms with Gasteiger partial charge in [0, 0.05) is 12.8 Å². The SMILES string of the molecule is CC[C@H]1CC[C@H]2[C@@H]3CCC4CC(=O)CC[C@]4(C)[C@H]3[C@@H](O)C[C@]12C. The molecule has 1 N–H and O–H groups in total. The van der Waals surface area contributed by atoms with Crippen molar-refractivity contribution in [1.29, 1.82) is 0 Å². The Morgan fingerprint density at radius 2 is 1.91 bits per heavy atom. The molecule has 0 bridgehead atoms. The number of ketones is 1. The van der Waals surface area contributed by atoms with Crippen molar-refractivity contribution in [3.05, 3.63) is 0 Å². The highest BCUT2D eigenvalue weighted by Gasteiger charge is 2.62. The van der Waals surface area contributed by atoms with Gasteiger partial charge < -0.3 is 5.11 Å². The number of hydrogen-bond donors (Lipinski definition) is 1. The molecule has 130 valence electrons. The molecule has 0 saturated heterocycles. The molecule has 2 heteroatoms. The molecule has 1 unspecified atom stereocenters. The molecular formula is C21H34O2. The van der Waals surface area contributed by atoms with Crippen molar-refractivity contribution < 1.29 is 9.90 Å². The summed E-state index contributed by atoms with van der Waals surface area (Å²) >= 11 is 0. The molecule has 0 aromatic carbocycles. The smallest absolute Gasteiger partial charge is 0.133 e. The number of hydrogen-bond acceptors (Lipinski definition) is 2. The summed E-state index contributed by atoms with van der Waals surface area (Å²) in [6.45, 7) is 7.23. The lowest BCUT2D eigenvalue weighted by Gasteiger charge is -2.61. The minimum Gasteiger partial charge on any atom is -0.393 e. The highest BCUT2D eigenvalue weighted by atomic mass is 16.3. The predicted molar refractivity (Wildman–Crippen MR) is 91.9 cm³/mol. The van der Waals surface area contributed by atoms with E-state index in [1.807, 2.05) is 0 Å². The van der Waals surface area contributed by atoms with E-state index < -0.39 is 0 Å². The van der Waals surface area contributed by atoms with E-state index in [9.17, 15) is 9.90 Å². The highest BCUT2D eigenvalue weighted by Crippen LogP contribution is 2.67. The summed E-state index contributed by atoms with van der Waals surface area (Å²) in [5.41, 5.74) is 0.574. The number of carbonyl (C=O) groups is 1. The summed E-state index contributed by atoms with van der Waals surface area (Å²) < 4.78 is 0. The van der Waals surface area contributed by atoms with Crippen LogP contribution in [-0.2, 0) is 4.79 Å². The third kappa shape index (κ3) is 2.12. The minimum atomic E-state index is -0.144. The van der Waals surface area contributed by atoms with Crippen LogP contribution in [0, 0.1) is 40.4 Å². The fourth-order valence-electron chi connectivity index (χ4n) is 7.94. The molecule has 23 heavy (non-hydrogen) atoms. The van der Waals surface area contributed by atoms with Crippen LogP contribution in [0.5, 0.6) is 0 Å². The molecule has 0 aromatic heterocycles. The normalized spacial score (nSPS) is 55.9. The fourth-order valence-corrected chi connectivity index (χ4v) is 7.94. The first kappa shape index (κ1) is 16.1. The van der Waals surface area contributed by atoms with Gasteiger partial charge in [-0.2, -0.15) is 0 Å². The van der Waals surface area contributed by atoms with Crippen LogP contribution in [0.1, 0.15) is 78.6 Å². The third-order valence-electron chi connectivity index (χ3n) is 9.10. The van der Waals surface area contributed by atoms with E-state index in [1.54, 1.807) is 0 Å². The Bertz CT molecular complexity index is 500. The first-order chi connectivity index (χ1) is 10.9. The molecule has 4 rings (SSSR count). The van der Waals surface area contributed by atoms with Gasteiger partial charge in [-0.3, -0.25) is 4.79 Å². The Kier molecular flexibility index (Phi) is 3.72. The monoisotopic (exact) mass is 318 g/mol. The maximum absolute atomic E-state index is 12.0. The molecular weight excluding hydrogens is 284 g/mol. The molecule has 4 saturated carbocycles. The average molecular weight is 319 g/mol. The molecule has 0 radical (unpaired) electrons. The summed E-state index contributed by atoms with van der Waals surface area (Å²) in [6, 6.07) is 0. The van der Waals surface area contributed by atoms with Gasteiger partial charge in [0.2, 0.25) is 0 Å². The van der Waals surface area contributed by atoms with Gasteiger partial charge in [-0.1, -0.05) is 27.2 Å². The van der Waals surface area contributed by atoms with Crippen molar-refractivity contribution in [2.24, 2.45) is 40.4 Å². The first-order valence-corrected chi connectivity index (χ1v) is 10.1. The van der Waals surface area contributed by atoms with Gasteiger partial charge in [0.25, 0.3) is 0 Å². The van der Waals surface area contributed by atoms with Crippen LogP contribution < -0.4 is 0 Å². The molecule has 8 atom stereocenters. The van der Waals surface area contributed by atoms with Gasteiger partial charge in [-0.15, -0.1) is 0 Å². The molecule has 4 fully saturated rings. The van der Waals surface area contributed by atoms with Gasteiger partial charge in [0.1, 0.15) is 5.78 Å². The van der Waals surface area contributed by atoms with E-state index in [2.05, 4.69) is 20.8 Å². The summed E-state index contributed by atoms with van der Waals surface area (Å²) in [6.07, 6.45) is 9.91. The number of Topliss-reactive ketones (excluding diaryl/α,β-unsaturated/α-hetero) is 1. The molecule has 0 heterocycles. The van der Waals surface area contributed by atoms with Crippen LogP contribution in [0.2, 0.25) is 0 Å². The highest BCUT2D eigenvalue weighted by molar-refractivity contribution is 5.79. The van der Waals surface area contributed by atoms with Crippen LogP contribution in [0.25, 0.3) is 0 Å². The zero-order valence-electron chi connectivity index (χ0n) is 15.2. The molecule has 4 aliphatic rings. The second kappa shape index (κ2) is 5.31. The van der Waals surface area contributed by atoms with Crippen molar-refractivity contribution in [3.63, 3.8) is 0 Å². The summed E-state index contributed by atoms with van der Waals surface area (Å²) in [5.74, 6) is 3.77. The summed E-state index contributed by atoms with van der Waals surface area (Å²) in [5, 5.41) is 11.2. The Morgan fingerprint density at radius 1 is 1.13 bits per heavy atom. The van der Waals surface area contributed by atoms with Gasteiger partial charge in [0.05, 0.1) is 6.10 Å². The van der Waals surface area contributed by atoms with Crippen LogP contribution in [-0.4, -0.2) is 17.0 Å². The topological polar surface area (TPSA) is 37.3 Å². The van der Waals surface area contributed by atoms with Crippen molar-refractivity contribution in [3.8, 4) is 0 Å². The standard InChI is InChI=1S/C21H34O2/c1-4-13-6-8-17-16-7-5-14-11-15(22)9-10-20(14,2)19(16)18(23)12-21(13,17)3/h13-14,16-19,23H,4-12H2,1-3H3/t13-,14?,16-,17-,18-,19+,20-,21+/m0/s1. The maximum Gasteiger partial charge on any atom is 0.133 e. The van der Waals surface area contributed by atoms with Gasteiger partial charge in [-0.05, 0) is 78.9 Å². The number of aliphatic hydroxyl groups is 1. The van der Waals surface area contributed by atoms with E-state index in [0.717, 1.165) is 37.5 Å². The quantitative estimate of drug-likeness (QED) is 0.767. The minimum absolute atomic E-state index is 0.144. The lowest BCUT2D eigenvalue weighted by molar-refractivity contribution is -0.172. The zero-order chi connectivity index (χ0) is 16.4. The Hall–Kier alpha value is -0.370. The second-order valence-corrected chi connectivity index (χ2v) is 9.78. The van der Waals surface area contributed by atoms with E-state index in [1.165, 1.54) is 32.1 Å². The summed E-state index contributed by atoms with van der Waals surface area (Å²) in [7, 11) is 0. The van der Waals surface area contributed by atoms with Crippen molar-refractivity contribution in [1.82, 2.24) is 0 Å². The lowest BCUT2D eigenvalue weighted by atomic mass is 9.44. The average Bonchev–Trinajstić information content (AvgIpc) is 2.83. The van der Waals surface area contributed by atoms with Crippen LogP contribution in [0.4, 0.5) is 0 Å².